The fraction of sp³-hybridized carbons (Fsp3) is 0.294. The van der Waals surface area contributed by atoms with Crippen LogP contribution in [0.3, 0.4) is 0 Å². The van der Waals surface area contributed by atoms with E-state index in [1.165, 1.54) is 23.9 Å². The predicted molar refractivity (Wildman–Crippen MR) is 92.7 cm³/mol. The average Bonchev–Trinajstić information content (AvgIpc) is 3.29. The van der Waals surface area contributed by atoms with Gasteiger partial charge in [-0.15, -0.1) is 10.2 Å². The third kappa shape index (κ3) is 3.34. The summed E-state index contributed by atoms with van der Waals surface area (Å²) in [6.45, 7) is 1.70. The van der Waals surface area contributed by atoms with Crippen molar-refractivity contribution in [3.05, 3.63) is 42.2 Å². The molecule has 1 aromatic carbocycles. The van der Waals surface area contributed by atoms with Gasteiger partial charge in [0.15, 0.2) is 11.5 Å². The number of benzene rings is 1. The molecule has 1 fully saturated rings. The Kier molecular flexibility index (Phi) is 4.35. The van der Waals surface area contributed by atoms with Crippen molar-refractivity contribution in [3.8, 4) is 11.4 Å². The summed E-state index contributed by atoms with van der Waals surface area (Å²) >= 11 is 1.39. The van der Waals surface area contributed by atoms with Crippen LogP contribution in [0.1, 0.15) is 12.8 Å². The number of hydrogen-bond acceptors (Lipinski definition) is 5. The van der Waals surface area contributed by atoms with Crippen LogP contribution in [0.2, 0.25) is 0 Å². The van der Waals surface area contributed by atoms with Crippen LogP contribution in [0, 0.1) is 5.82 Å². The first kappa shape index (κ1) is 16.0. The molecule has 0 aliphatic carbocycles. The molecule has 3 heterocycles. The fourth-order valence-electron chi connectivity index (χ4n) is 2.85. The van der Waals surface area contributed by atoms with Crippen LogP contribution >= 0.6 is 11.8 Å². The molecule has 0 spiro atoms. The van der Waals surface area contributed by atoms with Gasteiger partial charge >= 0.3 is 0 Å². The quantitative estimate of drug-likeness (QED) is 0.672. The molecule has 1 saturated heterocycles. The van der Waals surface area contributed by atoms with E-state index in [9.17, 15) is 9.18 Å². The number of fused-ring (bicyclic) bond motifs is 1. The van der Waals surface area contributed by atoms with Crippen molar-refractivity contribution in [3.63, 3.8) is 0 Å². The van der Waals surface area contributed by atoms with Gasteiger partial charge in [-0.2, -0.15) is 9.61 Å². The first-order valence-corrected chi connectivity index (χ1v) is 9.08. The standard InChI is InChI=1S/C17H16FN5OS/c18-13-5-3-4-12(10-13)17-20-19-14-6-7-15(21-23(14)17)25-11-16(24)22-8-1-2-9-22/h3-7,10H,1-2,8-9,11H2. The van der Waals surface area contributed by atoms with E-state index in [0.29, 0.717) is 27.8 Å². The van der Waals surface area contributed by atoms with E-state index in [1.807, 2.05) is 11.0 Å². The molecule has 25 heavy (non-hydrogen) atoms. The summed E-state index contributed by atoms with van der Waals surface area (Å²) in [4.78, 5) is 14.1. The van der Waals surface area contributed by atoms with Crippen molar-refractivity contribution in [2.45, 2.75) is 17.9 Å². The zero-order valence-corrected chi connectivity index (χ0v) is 14.2. The first-order valence-electron chi connectivity index (χ1n) is 8.10. The first-order chi connectivity index (χ1) is 12.2. The summed E-state index contributed by atoms with van der Waals surface area (Å²) in [6, 6.07) is 9.78. The monoisotopic (exact) mass is 357 g/mol. The van der Waals surface area contributed by atoms with Gasteiger partial charge < -0.3 is 4.90 Å². The van der Waals surface area contributed by atoms with Crippen LogP contribution in [0.15, 0.2) is 41.4 Å². The zero-order chi connectivity index (χ0) is 17.2. The highest BCUT2D eigenvalue weighted by Crippen LogP contribution is 2.22. The highest BCUT2D eigenvalue weighted by atomic mass is 32.2. The normalized spacial score (nSPS) is 14.4. The molecule has 0 unspecified atom stereocenters. The van der Waals surface area contributed by atoms with Gasteiger partial charge in [0.25, 0.3) is 0 Å². The minimum Gasteiger partial charge on any atom is -0.342 e. The summed E-state index contributed by atoms with van der Waals surface area (Å²) in [5.41, 5.74) is 1.18. The Morgan fingerprint density at radius 2 is 2.00 bits per heavy atom. The van der Waals surface area contributed by atoms with Crippen molar-refractivity contribution in [1.29, 1.82) is 0 Å². The maximum Gasteiger partial charge on any atom is 0.232 e. The summed E-state index contributed by atoms with van der Waals surface area (Å²) < 4.78 is 15.1. The van der Waals surface area contributed by atoms with Crippen LogP contribution in [0.5, 0.6) is 0 Å². The number of nitrogens with zero attached hydrogens (tertiary/aromatic N) is 5. The van der Waals surface area contributed by atoms with Crippen LogP contribution in [-0.2, 0) is 4.79 Å². The summed E-state index contributed by atoms with van der Waals surface area (Å²) in [5.74, 6) is 0.632. The molecule has 3 aromatic rings. The third-order valence-electron chi connectivity index (χ3n) is 4.12. The van der Waals surface area contributed by atoms with Crippen LogP contribution in [0.4, 0.5) is 4.39 Å². The summed E-state index contributed by atoms with van der Waals surface area (Å²) in [6.07, 6.45) is 2.16. The average molecular weight is 357 g/mol. The highest BCUT2D eigenvalue weighted by Gasteiger charge is 2.18. The van der Waals surface area contributed by atoms with Gasteiger partial charge in [0, 0.05) is 18.7 Å². The Balaban J connectivity index is 1.57. The smallest absolute Gasteiger partial charge is 0.232 e. The second-order valence-corrected chi connectivity index (χ2v) is 6.85. The lowest BCUT2D eigenvalue weighted by Crippen LogP contribution is -2.29. The number of carbonyl (C=O) groups excluding carboxylic acids is 1. The molecule has 128 valence electrons. The Hall–Kier alpha value is -2.48. The molecule has 0 saturated carbocycles. The molecule has 4 rings (SSSR count). The van der Waals surface area contributed by atoms with Crippen LogP contribution in [-0.4, -0.2) is 49.5 Å². The second kappa shape index (κ2) is 6.79. The zero-order valence-electron chi connectivity index (χ0n) is 13.4. The van der Waals surface area contributed by atoms with Gasteiger partial charge in [-0.3, -0.25) is 4.79 Å². The predicted octanol–water partition coefficient (Wildman–Crippen LogP) is 2.64. The van der Waals surface area contributed by atoms with Crippen molar-refractivity contribution in [2.75, 3.05) is 18.8 Å². The number of halogens is 1. The van der Waals surface area contributed by atoms with Crippen molar-refractivity contribution >= 4 is 23.3 Å². The number of aromatic nitrogens is 4. The molecule has 0 atom stereocenters. The molecule has 6 nitrogen and oxygen atoms in total. The Morgan fingerprint density at radius 3 is 2.80 bits per heavy atom. The van der Waals surface area contributed by atoms with Gasteiger partial charge in [0.05, 0.1) is 5.75 Å². The number of rotatable bonds is 4. The number of carbonyl (C=O) groups is 1. The molecular weight excluding hydrogens is 341 g/mol. The molecule has 0 radical (unpaired) electrons. The van der Waals surface area contributed by atoms with E-state index in [0.717, 1.165) is 25.9 Å². The van der Waals surface area contributed by atoms with Crippen molar-refractivity contribution < 1.29 is 9.18 Å². The lowest BCUT2D eigenvalue weighted by atomic mass is 10.2. The number of likely N-dealkylation sites (tertiary alicyclic amines) is 1. The van der Waals surface area contributed by atoms with E-state index < -0.39 is 0 Å². The Bertz CT molecular complexity index is 922. The number of thioether (sulfide) groups is 1. The van der Waals surface area contributed by atoms with Crippen molar-refractivity contribution in [1.82, 2.24) is 24.7 Å². The second-order valence-electron chi connectivity index (χ2n) is 5.85. The largest absolute Gasteiger partial charge is 0.342 e. The molecule has 1 aliphatic heterocycles. The van der Waals surface area contributed by atoms with Gasteiger partial charge in [0.1, 0.15) is 10.8 Å². The van der Waals surface area contributed by atoms with E-state index in [2.05, 4.69) is 15.3 Å². The highest BCUT2D eigenvalue weighted by molar-refractivity contribution is 7.99. The molecule has 1 aliphatic rings. The minimum atomic E-state index is -0.337. The van der Waals surface area contributed by atoms with Gasteiger partial charge in [0.2, 0.25) is 5.91 Å². The number of amides is 1. The molecule has 2 aromatic heterocycles. The maximum absolute atomic E-state index is 13.5. The van der Waals surface area contributed by atoms with E-state index in [1.54, 1.807) is 22.7 Å². The van der Waals surface area contributed by atoms with Crippen LogP contribution < -0.4 is 0 Å². The lowest BCUT2D eigenvalue weighted by molar-refractivity contribution is -0.127. The third-order valence-corrected chi connectivity index (χ3v) is 5.03. The fourth-order valence-corrected chi connectivity index (χ4v) is 3.61. The molecular formula is C17H16FN5OS. The topological polar surface area (TPSA) is 63.4 Å². The van der Waals surface area contributed by atoms with Crippen molar-refractivity contribution in [2.24, 2.45) is 0 Å². The van der Waals surface area contributed by atoms with Crippen LogP contribution in [0.25, 0.3) is 17.0 Å². The Morgan fingerprint density at radius 1 is 1.16 bits per heavy atom. The molecule has 0 bridgehead atoms. The van der Waals surface area contributed by atoms with E-state index in [4.69, 9.17) is 0 Å². The minimum absolute atomic E-state index is 0.138. The van der Waals surface area contributed by atoms with Gasteiger partial charge in [-0.25, -0.2) is 4.39 Å². The SMILES string of the molecule is O=C(CSc1ccc2nnc(-c3cccc(F)c3)n2n1)N1CCCC1. The lowest BCUT2D eigenvalue weighted by Gasteiger charge is -2.14. The Labute approximate surface area is 148 Å². The molecule has 1 amide bonds. The van der Waals surface area contributed by atoms with E-state index >= 15 is 0 Å². The summed E-state index contributed by atoms with van der Waals surface area (Å²) in [7, 11) is 0. The maximum atomic E-state index is 13.5. The van der Waals surface area contributed by atoms with Gasteiger partial charge in [-0.05, 0) is 37.1 Å². The van der Waals surface area contributed by atoms with E-state index in [-0.39, 0.29) is 11.7 Å². The summed E-state index contributed by atoms with van der Waals surface area (Å²) in [5, 5.41) is 13.4. The van der Waals surface area contributed by atoms with Gasteiger partial charge in [-0.1, -0.05) is 23.9 Å². The number of hydrogen-bond donors (Lipinski definition) is 0. The molecule has 8 heteroatoms. The molecule has 0 N–H and O–H groups in total.